The van der Waals surface area contributed by atoms with Crippen molar-refractivity contribution in [2.75, 3.05) is 31.5 Å². The molecule has 2 fully saturated rings. The smallest absolute Gasteiger partial charge is 0.410 e. The molecule has 0 aliphatic carbocycles. The van der Waals surface area contributed by atoms with Crippen molar-refractivity contribution in [3.8, 4) is 0 Å². The Bertz CT molecular complexity index is 1090. The van der Waals surface area contributed by atoms with Crippen molar-refractivity contribution < 1.29 is 14.3 Å². The fourth-order valence-corrected chi connectivity index (χ4v) is 4.58. The van der Waals surface area contributed by atoms with Crippen LogP contribution in [0.25, 0.3) is 5.65 Å². The molecule has 35 heavy (non-hydrogen) atoms. The molecule has 11 nitrogen and oxygen atoms in total. The van der Waals surface area contributed by atoms with E-state index < -0.39 is 11.1 Å². The molecule has 0 spiro atoms. The number of hydrogen-bond donors (Lipinski definition) is 2. The number of carbonyl (C=O) groups excluding carboxylic acids is 2. The minimum Gasteiger partial charge on any atom is -0.444 e. The lowest BCUT2D eigenvalue weighted by molar-refractivity contribution is -0.0110. The van der Waals surface area contributed by atoms with Gasteiger partial charge in [-0.3, -0.25) is 0 Å². The Morgan fingerprint density at radius 1 is 1.14 bits per heavy atom. The lowest BCUT2D eigenvalue weighted by atomic mass is 9.93. The lowest BCUT2D eigenvalue weighted by Crippen LogP contribution is -2.71. The molecule has 0 saturated carbocycles. The number of likely N-dealkylation sites (tertiary alicyclic amines) is 2. The average molecular weight is 487 g/mol. The molecule has 0 radical (unpaired) electrons. The highest BCUT2D eigenvalue weighted by atomic mass is 16.6. The summed E-state index contributed by atoms with van der Waals surface area (Å²) in [5.41, 5.74) is 0.956. The van der Waals surface area contributed by atoms with Crippen LogP contribution in [0.2, 0.25) is 0 Å². The normalized spacial score (nSPS) is 18.5. The van der Waals surface area contributed by atoms with Gasteiger partial charge in [-0.05, 0) is 53.4 Å². The summed E-state index contributed by atoms with van der Waals surface area (Å²) < 4.78 is 7.18. The molecule has 2 aliphatic rings. The van der Waals surface area contributed by atoms with Crippen molar-refractivity contribution in [1.29, 1.82) is 0 Å². The second kappa shape index (κ2) is 9.16. The van der Waals surface area contributed by atoms with Crippen molar-refractivity contribution in [3.63, 3.8) is 0 Å². The van der Waals surface area contributed by atoms with Crippen LogP contribution < -0.4 is 10.6 Å². The predicted octanol–water partition coefficient (Wildman–Crippen LogP) is 3.15. The van der Waals surface area contributed by atoms with Crippen molar-refractivity contribution >= 4 is 23.7 Å². The van der Waals surface area contributed by atoms with Gasteiger partial charge < -0.3 is 25.2 Å². The Hall–Kier alpha value is -3.11. The first-order chi connectivity index (χ1) is 16.3. The highest BCUT2D eigenvalue weighted by Gasteiger charge is 2.44. The van der Waals surface area contributed by atoms with Crippen LogP contribution in [0.3, 0.4) is 0 Å². The van der Waals surface area contributed by atoms with E-state index in [-0.39, 0.29) is 18.2 Å². The number of ether oxygens (including phenoxy) is 1. The molecule has 0 atom stereocenters. The standard InChI is InChI=1S/C24H38N8O3/c1-15(2)18-12-25-32-19(18)26-16(3)27-20(32)28-17-8-10-30(11-9-17)21(33)29-24(7)13-31(14-24)22(34)35-23(4,5)6/h12,15,17H,8-11,13-14H2,1-7H3,(H,29,33)(H,26,27,28). The largest absolute Gasteiger partial charge is 0.444 e. The average Bonchev–Trinajstić information content (AvgIpc) is 3.15. The molecule has 0 bridgehead atoms. The Morgan fingerprint density at radius 2 is 1.80 bits per heavy atom. The highest BCUT2D eigenvalue weighted by Crippen LogP contribution is 2.25. The number of urea groups is 1. The molecule has 2 aromatic rings. The number of piperidine rings is 1. The molecule has 0 unspecified atom stereocenters. The van der Waals surface area contributed by atoms with Gasteiger partial charge in [-0.1, -0.05) is 13.8 Å². The van der Waals surface area contributed by atoms with E-state index in [0.29, 0.717) is 43.9 Å². The van der Waals surface area contributed by atoms with Gasteiger partial charge in [0, 0.05) is 37.8 Å². The minimum absolute atomic E-state index is 0.0938. The maximum atomic E-state index is 12.9. The summed E-state index contributed by atoms with van der Waals surface area (Å²) in [6.45, 7) is 15.8. The van der Waals surface area contributed by atoms with Gasteiger partial charge in [-0.25, -0.2) is 14.6 Å². The molecule has 2 aromatic heterocycles. The van der Waals surface area contributed by atoms with Crippen molar-refractivity contribution in [2.24, 2.45) is 0 Å². The van der Waals surface area contributed by atoms with Crippen LogP contribution in [0.15, 0.2) is 6.20 Å². The van der Waals surface area contributed by atoms with Crippen molar-refractivity contribution in [3.05, 3.63) is 17.6 Å². The van der Waals surface area contributed by atoms with Crippen LogP contribution in [-0.2, 0) is 4.74 Å². The number of aromatic nitrogens is 4. The molecule has 4 heterocycles. The van der Waals surface area contributed by atoms with Crippen LogP contribution in [0.4, 0.5) is 15.5 Å². The Kier molecular flexibility index (Phi) is 6.54. The topological polar surface area (TPSA) is 117 Å². The zero-order valence-electron chi connectivity index (χ0n) is 21.9. The zero-order valence-corrected chi connectivity index (χ0v) is 21.9. The third-order valence-electron chi connectivity index (χ3n) is 6.38. The molecule has 3 amide bonds. The van der Waals surface area contributed by atoms with Gasteiger partial charge in [0.2, 0.25) is 5.95 Å². The van der Waals surface area contributed by atoms with E-state index in [1.807, 2.05) is 45.7 Å². The third kappa shape index (κ3) is 5.59. The number of nitrogens with one attached hydrogen (secondary N) is 2. The highest BCUT2D eigenvalue weighted by molar-refractivity contribution is 5.76. The molecule has 192 valence electrons. The van der Waals surface area contributed by atoms with Gasteiger partial charge in [0.05, 0.1) is 11.7 Å². The summed E-state index contributed by atoms with van der Waals surface area (Å²) in [6.07, 6.45) is 3.12. The maximum Gasteiger partial charge on any atom is 0.410 e. The Balaban J connectivity index is 1.29. The monoisotopic (exact) mass is 486 g/mol. The molecular formula is C24H38N8O3. The number of fused-ring (bicyclic) bond motifs is 1. The van der Waals surface area contributed by atoms with Crippen LogP contribution in [0, 0.1) is 6.92 Å². The van der Waals surface area contributed by atoms with Crippen molar-refractivity contribution in [2.45, 2.75) is 84.4 Å². The molecule has 2 saturated heterocycles. The quantitative estimate of drug-likeness (QED) is 0.682. The Morgan fingerprint density at radius 3 is 2.40 bits per heavy atom. The SMILES string of the molecule is Cc1nc(NC2CCN(C(=O)NC3(C)CN(C(=O)OC(C)(C)C)C3)CC2)n2ncc(C(C)C)c2n1. The van der Waals surface area contributed by atoms with Gasteiger partial charge in [-0.15, -0.1) is 0 Å². The zero-order chi connectivity index (χ0) is 25.5. The number of carbonyl (C=O) groups is 2. The molecular weight excluding hydrogens is 448 g/mol. The maximum absolute atomic E-state index is 12.9. The van der Waals surface area contributed by atoms with E-state index in [1.165, 1.54) is 0 Å². The number of anilines is 1. The van der Waals surface area contributed by atoms with Crippen LogP contribution in [0.5, 0.6) is 0 Å². The first-order valence-electron chi connectivity index (χ1n) is 12.4. The van der Waals surface area contributed by atoms with Crippen LogP contribution >= 0.6 is 0 Å². The van der Waals surface area contributed by atoms with Gasteiger partial charge in [0.15, 0.2) is 5.65 Å². The molecule has 4 rings (SSSR count). The van der Waals surface area contributed by atoms with Gasteiger partial charge in [-0.2, -0.15) is 14.6 Å². The fourth-order valence-electron chi connectivity index (χ4n) is 4.58. The van der Waals surface area contributed by atoms with E-state index in [0.717, 1.165) is 24.1 Å². The van der Waals surface area contributed by atoms with E-state index >= 15 is 0 Å². The second-order valence-electron chi connectivity index (χ2n) is 11.3. The fraction of sp³-hybridized carbons (Fsp3) is 0.708. The molecule has 2 N–H and O–H groups in total. The molecule has 11 heteroatoms. The van der Waals surface area contributed by atoms with Gasteiger partial charge in [0.1, 0.15) is 11.4 Å². The van der Waals surface area contributed by atoms with Crippen LogP contribution in [-0.4, -0.2) is 84.9 Å². The first-order valence-corrected chi connectivity index (χ1v) is 12.4. The van der Waals surface area contributed by atoms with Gasteiger partial charge in [0.25, 0.3) is 0 Å². The van der Waals surface area contributed by atoms with Crippen LogP contribution in [0.1, 0.15) is 71.7 Å². The minimum atomic E-state index is -0.533. The van der Waals surface area contributed by atoms with E-state index in [9.17, 15) is 9.59 Å². The number of nitrogens with zero attached hydrogens (tertiary/aromatic N) is 6. The summed E-state index contributed by atoms with van der Waals surface area (Å²) in [5.74, 6) is 1.71. The lowest BCUT2D eigenvalue weighted by Gasteiger charge is -2.48. The number of rotatable bonds is 4. The third-order valence-corrected chi connectivity index (χ3v) is 6.38. The molecule has 0 aromatic carbocycles. The van der Waals surface area contributed by atoms with E-state index in [2.05, 4.69) is 39.5 Å². The number of aryl methyl sites for hydroxylation is 1. The summed E-state index contributed by atoms with van der Waals surface area (Å²) in [6, 6.07) is 0.0916. The van der Waals surface area contributed by atoms with Crippen molar-refractivity contribution in [1.82, 2.24) is 34.7 Å². The predicted molar refractivity (Wildman–Crippen MR) is 133 cm³/mol. The summed E-state index contributed by atoms with van der Waals surface area (Å²) in [4.78, 5) is 37.7. The van der Waals surface area contributed by atoms with Gasteiger partial charge >= 0.3 is 12.1 Å². The Labute approximate surface area is 206 Å². The number of amides is 3. The summed E-state index contributed by atoms with van der Waals surface area (Å²) >= 11 is 0. The second-order valence-corrected chi connectivity index (χ2v) is 11.3. The van der Waals surface area contributed by atoms with E-state index in [1.54, 1.807) is 9.42 Å². The summed E-state index contributed by atoms with van der Waals surface area (Å²) in [5, 5.41) is 11.1. The summed E-state index contributed by atoms with van der Waals surface area (Å²) in [7, 11) is 0. The van der Waals surface area contributed by atoms with E-state index in [4.69, 9.17) is 4.74 Å². The first kappa shape index (κ1) is 25.0. The molecule has 2 aliphatic heterocycles. The number of hydrogen-bond acceptors (Lipinski definition) is 7.